The molecule has 1 atom stereocenters. The van der Waals surface area contributed by atoms with Gasteiger partial charge in [-0.05, 0) is 38.2 Å². The number of rotatable bonds is 4. The summed E-state index contributed by atoms with van der Waals surface area (Å²) < 4.78 is 36.7. The molecule has 0 amide bonds. The van der Waals surface area contributed by atoms with Gasteiger partial charge in [-0.2, -0.15) is 13.2 Å². The lowest BCUT2D eigenvalue weighted by Gasteiger charge is -2.38. The van der Waals surface area contributed by atoms with E-state index in [0.29, 0.717) is 5.92 Å². The average Bonchev–Trinajstić information content (AvgIpc) is 2.22. The SMILES string of the molecule is Cc1ccc(C2CC(NC(C)CC(F)(F)F)C2)cc1. The Balaban J connectivity index is 1.76. The van der Waals surface area contributed by atoms with E-state index < -0.39 is 18.6 Å². The molecule has 19 heavy (non-hydrogen) atoms. The predicted molar refractivity (Wildman–Crippen MR) is 70.2 cm³/mol. The summed E-state index contributed by atoms with van der Waals surface area (Å²) in [6.45, 7) is 3.65. The van der Waals surface area contributed by atoms with Crippen molar-refractivity contribution in [3.8, 4) is 0 Å². The summed E-state index contributed by atoms with van der Waals surface area (Å²) in [6.07, 6.45) is -2.96. The summed E-state index contributed by atoms with van der Waals surface area (Å²) in [7, 11) is 0. The van der Waals surface area contributed by atoms with Gasteiger partial charge in [0.2, 0.25) is 0 Å². The zero-order valence-electron chi connectivity index (χ0n) is 11.3. The fourth-order valence-corrected chi connectivity index (χ4v) is 2.67. The molecule has 106 valence electrons. The molecule has 0 heterocycles. The maximum atomic E-state index is 12.2. The molecule has 1 fully saturated rings. The predicted octanol–water partition coefficient (Wildman–Crippen LogP) is 4.17. The van der Waals surface area contributed by atoms with Crippen LogP contribution in [0.25, 0.3) is 0 Å². The Kier molecular flexibility index (Phi) is 4.19. The van der Waals surface area contributed by atoms with E-state index in [0.717, 1.165) is 12.8 Å². The van der Waals surface area contributed by atoms with Gasteiger partial charge in [-0.25, -0.2) is 0 Å². The Morgan fingerprint density at radius 1 is 1.21 bits per heavy atom. The minimum Gasteiger partial charge on any atom is -0.311 e. The Bertz CT molecular complexity index is 404. The van der Waals surface area contributed by atoms with E-state index in [1.807, 2.05) is 6.92 Å². The van der Waals surface area contributed by atoms with Crippen LogP contribution in [0.4, 0.5) is 13.2 Å². The van der Waals surface area contributed by atoms with Gasteiger partial charge in [0.25, 0.3) is 0 Å². The number of aryl methyl sites for hydroxylation is 1. The van der Waals surface area contributed by atoms with Crippen LogP contribution < -0.4 is 5.32 Å². The van der Waals surface area contributed by atoms with Gasteiger partial charge in [-0.3, -0.25) is 0 Å². The fourth-order valence-electron chi connectivity index (χ4n) is 2.67. The summed E-state index contributed by atoms with van der Waals surface area (Å²) in [4.78, 5) is 0. The van der Waals surface area contributed by atoms with Crippen LogP contribution in [0.15, 0.2) is 24.3 Å². The second-order valence-corrected chi connectivity index (χ2v) is 5.66. The highest BCUT2D eigenvalue weighted by Crippen LogP contribution is 2.37. The quantitative estimate of drug-likeness (QED) is 0.866. The van der Waals surface area contributed by atoms with Crippen molar-refractivity contribution in [1.82, 2.24) is 5.32 Å². The molecule has 1 aromatic rings. The van der Waals surface area contributed by atoms with Gasteiger partial charge in [0.05, 0.1) is 6.42 Å². The smallest absolute Gasteiger partial charge is 0.311 e. The third-order valence-corrected chi connectivity index (χ3v) is 3.74. The van der Waals surface area contributed by atoms with Crippen LogP contribution in [0.2, 0.25) is 0 Å². The molecule has 1 nitrogen and oxygen atoms in total. The van der Waals surface area contributed by atoms with Crippen LogP contribution in [0.5, 0.6) is 0 Å². The third-order valence-electron chi connectivity index (χ3n) is 3.74. The molecule has 0 saturated heterocycles. The first-order valence-corrected chi connectivity index (χ1v) is 6.73. The van der Waals surface area contributed by atoms with Crippen molar-refractivity contribution in [1.29, 1.82) is 0 Å². The van der Waals surface area contributed by atoms with Gasteiger partial charge in [-0.15, -0.1) is 0 Å². The van der Waals surface area contributed by atoms with E-state index in [2.05, 4.69) is 29.6 Å². The Morgan fingerprint density at radius 3 is 2.32 bits per heavy atom. The minimum atomic E-state index is -4.08. The van der Waals surface area contributed by atoms with Crippen molar-refractivity contribution in [2.75, 3.05) is 0 Å². The van der Waals surface area contributed by atoms with Crippen molar-refractivity contribution < 1.29 is 13.2 Å². The highest BCUT2D eigenvalue weighted by atomic mass is 19.4. The largest absolute Gasteiger partial charge is 0.390 e. The molecule has 2 rings (SSSR count). The second kappa shape index (κ2) is 5.53. The van der Waals surface area contributed by atoms with Crippen LogP contribution in [-0.2, 0) is 0 Å². The highest BCUT2D eigenvalue weighted by molar-refractivity contribution is 5.26. The monoisotopic (exact) mass is 271 g/mol. The van der Waals surface area contributed by atoms with Crippen molar-refractivity contribution in [3.05, 3.63) is 35.4 Å². The zero-order valence-corrected chi connectivity index (χ0v) is 11.3. The normalized spacial score (nSPS) is 24.9. The maximum Gasteiger partial charge on any atom is 0.390 e. The van der Waals surface area contributed by atoms with Gasteiger partial charge in [0, 0.05) is 12.1 Å². The Labute approximate surface area is 112 Å². The maximum absolute atomic E-state index is 12.2. The van der Waals surface area contributed by atoms with Crippen molar-refractivity contribution >= 4 is 0 Å². The molecule has 1 N–H and O–H groups in total. The van der Waals surface area contributed by atoms with E-state index in [9.17, 15) is 13.2 Å². The van der Waals surface area contributed by atoms with E-state index in [4.69, 9.17) is 0 Å². The van der Waals surface area contributed by atoms with Crippen molar-refractivity contribution in [2.24, 2.45) is 0 Å². The van der Waals surface area contributed by atoms with Crippen molar-refractivity contribution in [3.63, 3.8) is 0 Å². The number of hydrogen-bond acceptors (Lipinski definition) is 1. The van der Waals surface area contributed by atoms with E-state index in [1.165, 1.54) is 11.1 Å². The summed E-state index contributed by atoms with van der Waals surface area (Å²) in [5, 5.41) is 3.06. The minimum absolute atomic E-state index is 0.226. The highest BCUT2D eigenvalue weighted by Gasteiger charge is 2.34. The molecule has 0 spiro atoms. The molecule has 0 aromatic heterocycles. The summed E-state index contributed by atoms with van der Waals surface area (Å²) in [5.74, 6) is 0.496. The number of nitrogens with one attached hydrogen (secondary N) is 1. The first-order chi connectivity index (χ1) is 8.83. The average molecular weight is 271 g/mol. The molecule has 0 bridgehead atoms. The van der Waals surface area contributed by atoms with Gasteiger partial charge < -0.3 is 5.32 Å². The second-order valence-electron chi connectivity index (χ2n) is 5.66. The lowest BCUT2D eigenvalue weighted by atomic mass is 9.75. The van der Waals surface area contributed by atoms with Gasteiger partial charge in [-0.1, -0.05) is 29.8 Å². The molecule has 4 heteroatoms. The standard InChI is InChI=1S/C15H20F3N/c1-10-3-5-12(6-4-10)13-7-14(8-13)19-11(2)9-15(16,17)18/h3-6,11,13-14,19H,7-9H2,1-2H3. The topological polar surface area (TPSA) is 12.0 Å². The molecular weight excluding hydrogens is 251 g/mol. The number of hydrogen-bond donors (Lipinski definition) is 1. The van der Waals surface area contributed by atoms with Crippen LogP contribution in [0.3, 0.4) is 0 Å². The van der Waals surface area contributed by atoms with Crippen LogP contribution in [-0.4, -0.2) is 18.3 Å². The lowest BCUT2D eigenvalue weighted by molar-refractivity contribution is -0.139. The molecular formula is C15H20F3N. The van der Waals surface area contributed by atoms with E-state index in [-0.39, 0.29) is 6.04 Å². The molecule has 0 aliphatic heterocycles. The van der Waals surface area contributed by atoms with E-state index >= 15 is 0 Å². The number of alkyl halides is 3. The Morgan fingerprint density at radius 2 is 1.79 bits per heavy atom. The molecule has 0 radical (unpaired) electrons. The molecule has 1 aromatic carbocycles. The lowest BCUT2D eigenvalue weighted by Crippen LogP contribution is -2.45. The number of halogens is 3. The van der Waals surface area contributed by atoms with E-state index in [1.54, 1.807) is 6.92 Å². The van der Waals surface area contributed by atoms with Gasteiger partial charge in [0.1, 0.15) is 0 Å². The first kappa shape index (κ1) is 14.4. The van der Waals surface area contributed by atoms with Crippen LogP contribution in [0, 0.1) is 6.92 Å². The third kappa shape index (κ3) is 4.23. The Hall–Kier alpha value is -1.03. The molecule has 1 unspecified atom stereocenters. The van der Waals surface area contributed by atoms with Gasteiger partial charge in [0.15, 0.2) is 0 Å². The zero-order chi connectivity index (χ0) is 14.0. The molecule has 1 aliphatic carbocycles. The van der Waals surface area contributed by atoms with Crippen molar-refractivity contribution in [2.45, 2.75) is 57.3 Å². The van der Waals surface area contributed by atoms with Crippen LogP contribution >= 0.6 is 0 Å². The summed E-state index contributed by atoms with van der Waals surface area (Å²) >= 11 is 0. The molecule has 1 saturated carbocycles. The fraction of sp³-hybridized carbons (Fsp3) is 0.600. The summed E-state index contributed by atoms with van der Waals surface area (Å²) in [5.41, 5.74) is 2.53. The molecule has 1 aliphatic rings. The van der Waals surface area contributed by atoms with Crippen LogP contribution in [0.1, 0.15) is 43.2 Å². The first-order valence-electron chi connectivity index (χ1n) is 6.73. The van der Waals surface area contributed by atoms with Gasteiger partial charge >= 0.3 is 6.18 Å². The number of benzene rings is 1. The summed E-state index contributed by atoms with van der Waals surface area (Å²) in [6, 6.07) is 8.14.